The number of carbonyl (C=O) groups excluding carboxylic acids is 3. The van der Waals surface area contributed by atoms with Crippen LogP contribution in [-0.4, -0.2) is 66.7 Å². The van der Waals surface area contributed by atoms with E-state index in [1.54, 1.807) is 30.6 Å². The molecule has 43 heavy (non-hydrogen) atoms. The van der Waals surface area contributed by atoms with E-state index in [1.807, 2.05) is 52.4 Å². The molecular formula is C33H38ClN3O4S2. The Kier molecular flexibility index (Phi) is 9.24. The van der Waals surface area contributed by atoms with Gasteiger partial charge in [-0.2, -0.15) is 0 Å². The van der Waals surface area contributed by atoms with E-state index in [2.05, 4.69) is 5.32 Å². The highest BCUT2D eigenvalue weighted by atomic mass is 35.5. The normalized spacial score (nSPS) is 24.7. The molecule has 4 unspecified atom stereocenters. The second-order valence-electron chi connectivity index (χ2n) is 11.8. The minimum Gasteiger partial charge on any atom is -0.497 e. The molecule has 3 fully saturated rings. The van der Waals surface area contributed by atoms with Gasteiger partial charge >= 0.3 is 0 Å². The average molecular weight is 640 g/mol. The van der Waals surface area contributed by atoms with Crippen LogP contribution in [-0.2, 0) is 9.59 Å². The Morgan fingerprint density at radius 2 is 1.77 bits per heavy atom. The fourth-order valence-corrected chi connectivity index (χ4v) is 9.33. The minimum atomic E-state index is -0.824. The van der Waals surface area contributed by atoms with Crippen molar-refractivity contribution in [2.45, 2.75) is 57.0 Å². The molecule has 3 aliphatic rings. The smallest absolute Gasteiger partial charge is 0.246 e. The van der Waals surface area contributed by atoms with Crippen molar-refractivity contribution in [1.29, 1.82) is 0 Å². The van der Waals surface area contributed by atoms with Gasteiger partial charge in [-0.25, -0.2) is 0 Å². The highest BCUT2D eigenvalue weighted by molar-refractivity contribution is 7.18. The minimum absolute atomic E-state index is 0.00149. The van der Waals surface area contributed by atoms with E-state index in [4.69, 9.17) is 16.3 Å². The number of ether oxygens (including phenoxy) is 1. The van der Waals surface area contributed by atoms with Crippen molar-refractivity contribution in [3.63, 3.8) is 0 Å². The second-order valence-corrected chi connectivity index (χ2v) is 14.5. The number of thiophene rings is 2. The number of hydrogen-bond donors (Lipinski definition) is 1. The summed E-state index contributed by atoms with van der Waals surface area (Å²) in [6.07, 6.45) is 4.73. The van der Waals surface area contributed by atoms with Crippen molar-refractivity contribution in [1.82, 2.24) is 15.1 Å². The van der Waals surface area contributed by atoms with Crippen LogP contribution >= 0.6 is 34.3 Å². The molecule has 4 atom stereocenters. The predicted octanol–water partition coefficient (Wildman–Crippen LogP) is 6.33. The molecule has 10 heteroatoms. The molecule has 2 aromatic heterocycles. The molecule has 4 heterocycles. The first kappa shape index (κ1) is 30.3. The standard InChI is InChI=1S/C33H38ClN3O4S2/c1-20-13-18-42-31(20)28-27(30(38)24-11-12-25(34)43-24)26(22-9-6-10-23(19-22)41-2)29(33(40)36-16-14-35-15-17-36)37(28)32(39)21-7-4-3-5-8-21/h6,9-13,18-19,21,26-29,35H,3-5,7-8,14-17H2,1-2H3. The van der Waals surface area contributed by atoms with Gasteiger partial charge < -0.3 is 19.9 Å². The molecule has 1 aromatic carbocycles. The van der Waals surface area contributed by atoms with Gasteiger partial charge in [0.15, 0.2) is 5.78 Å². The number of likely N-dealkylation sites (tertiary alicyclic amines) is 1. The first-order chi connectivity index (χ1) is 20.9. The number of rotatable bonds is 7. The number of methoxy groups -OCH3 is 1. The number of halogens is 1. The van der Waals surface area contributed by atoms with Gasteiger partial charge in [0, 0.05) is 42.9 Å². The van der Waals surface area contributed by atoms with Crippen LogP contribution in [0.4, 0.5) is 0 Å². The van der Waals surface area contributed by atoms with Crippen molar-refractivity contribution in [2.75, 3.05) is 33.3 Å². The number of carbonyl (C=O) groups is 3. The third kappa shape index (κ3) is 5.89. The SMILES string of the molecule is COc1cccc(C2C(C(=O)c3ccc(Cl)s3)C(c3sccc3C)N(C(=O)C3CCCCC3)C2C(=O)N2CCNCC2)c1. The Hall–Kier alpha value is -2.72. The summed E-state index contributed by atoms with van der Waals surface area (Å²) >= 11 is 9.16. The van der Waals surface area contributed by atoms with Crippen LogP contribution in [0, 0.1) is 18.8 Å². The van der Waals surface area contributed by atoms with E-state index < -0.39 is 23.9 Å². The van der Waals surface area contributed by atoms with E-state index in [1.165, 1.54) is 11.3 Å². The average Bonchev–Trinajstić information content (AvgIpc) is 3.77. The summed E-state index contributed by atoms with van der Waals surface area (Å²) in [7, 11) is 1.62. The molecule has 228 valence electrons. The van der Waals surface area contributed by atoms with Crippen molar-refractivity contribution in [3.05, 3.63) is 73.1 Å². The van der Waals surface area contributed by atoms with Gasteiger partial charge in [0.1, 0.15) is 11.8 Å². The van der Waals surface area contributed by atoms with E-state index in [0.717, 1.165) is 48.1 Å². The molecule has 1 saturated carbocycles. The molecule has 3 aromatic rings. The maximum Gasteiger partial charge on any atom is 0.246 e. The summed E-state index contributed by atoms with van der Waals surface area (Å²) in [6, 6.07) is 11.8. The van der Waals surface area contributed by atoms with Crippen LogP contribution in [0.15, 0.2) is 47.8 Å². The molecule has 2 aliphatic heterocycles. The Morgan fingerprint density at radius 1 is 1.00 bits per heavy atom. The predicted molar refractivity (Wildman–Crippen MR) is 171 cm³/mol. The Balaban J connectivity index is 1.58. The maximum absolute atomic E-state index is 14.8. The molecule has 2 amide bonds. The molecule has 2 saturated heterocycles. The molecule has 0 spiro atoms. The first-order valence-corrected chi connectivity index (χ1v) is 17.3. The van der Waals surface area contributed by atoms with Crippen LogP contribution in [0.1, 0.15) is 69.7 Å². The number of aryl methyl sites for hydroxylation is 1. The fraction of sp³-hybridized carbons (Fsp3) is 0.485. The lowest BCUT2D eigenvalue weighted by Gasteiger charge is -2.38. The molecule has 0 bridgehead atoms. The largest absolute Gasteiger partial charge is 0.497 e. The number of nitrogens with one attached hydrogen (secondary N) is 1. The lowest BCUT2D eigenvalue weighted by Crippen LogP contribution is -2.55. The summed E-state index contributed by atoms with van der Waals surface area (Å²) in [5, 5.41) is 5.36. The van der Waals surface area contributed by atoms with E-state index >= 15 is 0 Å². The summed E-state index contributed by atoms with van der Waals surface area (Å²) in [5.41, 5.74) is 1.85. The quantitative estimate of drug-likeness (QED) is 0.306. The van der Waals surface area contributed by atoms with Gasteiger partial charge in [-0.15, -0.1) is 22.7 Å². The molecular weight excluding hydrogens is 602 g/mol. The van der Waals surface area contributed by atoms with E-state index in [-0.39, 0.29) is 23.5 Å². The van der Waals surface area contributed by atoms with Crippen molar-refractivity contribution >= 4 is 51.9 Å². The summed E-state index contributed by atoms with van der Waals surface area (Å²) in [6.45, 7) is 4.55. The molecule has 0 radical (unpaired) electrons. The Bertz CT molecular complexity index is 1480. The van der Waals surface area contributed by atoms with Crippen molar-refractivity contribution in [2.24, 2.45) is 11.8 Å². The van der Waals surface area contributed by atoms with Gasteiger partial charge in [-0.1, -0.05) is 43.0 Å². The topological polar surface area (TPSA) is 79.0 Å². The summed E-state index contributed by atoms with van der Waals surface area (Å²) < 4.78 is 6.15. The zero-order valence-electron chi connectivity index (χ0n) is 24.6. The Morgan fingerprint density at radius 3 is 2.42 bits per heavy atom. The lowest BCUT2D eigenvalue weighted by molar-refractivity contribution is -0.149. The highest BCUT2D eigenvalue weighted by Crippen LogP contribution is 2.54. The van der Waals surface area contributed by atoms with Gasteiger partial charge in [0.2, 0.25) is 11.8 Å². The van der Waals surface area contributed by atoms with E-state index in [9.17, 15) is 14.4 Å². The van der Waals surface area contributed by atoms with Gasteiger partial charge in [-0.05, 0) is 66.6 Å². The summed E-state index contributed by atoms with van der Waals surface area (Å²) in [4.78, 5) is 49.6. The van der Waals surface area contributed by atoms with Gasteiger partial charge in [0.05, 0.1) is 28.3 Å². The number of benzene rings is 1. The zero-order chi connectivity index (χ0) is 30.1. The first-order valence-electron chi connectivity index (χ1n) is 15.2. The zero-order valence-corrected chi connectivity index (χ0v) is 27.0. The number of amides is 2. The third-order valence-electron chi connectivity index (χ3n) is 9.33. The van der Waals surface area contributed by atoms with Gasteiger partial charge in [0.25, 0.3) is 0 Å². The number of nitrogens with zero attached hydrogens (tertiary/aromatic N) is 2. The monoisotopic (exact) mass is 639 g/mol. The Labute approximate surface area is 266 Å². The molecule has 7 nitrogen and oxygen atoms in total. The van der Waals surface area contributed by atoms with Crippen LogP contribution in [0.5, 0.6) is 5.75 Å². The van der Waals surface area contributed by atoms with Crippen LogP contribution in [0.2, 0.25) is 4.34 Å². The van der Waals surface area contributed by atoms with Crippen molar-refractivity contribution in [3.8, 4) is 5.75 Å². The highest BCUT2D eigenvalue weighted by Gasteiger charge is 2.59. The number of piperazine rings is 1. The molecule has 6 rings (SSSR count). The lowest BCUT2D eigenvalue weighted by atomic mass is 9.77. The van der Waals surface area contributed by atoms with Crippen LogP contribution in [0.25, 0.3) is 0 Å². The number of Topliss-reactive ketones (excluding diaryl/α,β-unsaturated/α-hetero) is 1. The maximum atomic E-state index is 14.8. The summed E-state index contributed by atoms with van der Waals surface area (Å²) in [5.74, 6) is -0.924. The second kappa shape index (κ2) is 13.1. The third-order valence-corrected chi connectivity index (χ3v) is 11.7. The van der Waals surface area contributed by atoms with Crippen LogP contribution in [0.3, 0.4) is 0 Å². The number of hydrogen-bond acceptors (Lipinski definition) is 7. The van der Waals surface area contributed by atoms with Crippen LogP contribution < -0.4 is 10.1 Å². The molecule has 1 N–H and O–H groups in total. The number of ketones is 1. The van der Waals surface area contributed by atoms with Crippen molar-refractivity contribution < 1.29 is 19.1 Å². The van der Waals surface area contributed by atoms with E-state index in [0.29, 0.717) is 41.1 Å². The molecule has 1 aliphatic carbocycles. The van der Waals surface area contributed by atoms with Gasteiger partial charge in [-0.3, -0.25) is 14.4 Å². The fourth-order valence-electron chi connectivity index (χ4n) is 7.22.